The van der Waals surface area contributed by atoms with E-state index in [1.807, 2.05) is 4.90 Å². The molecule has 4 N–H and O–H groups in total. The minimum atomic E-state index is -0.520. The van der Waals surface area contributed by atoms with Gasteiger partial charge in [-0.1, -0.05) is 0 Å². The lowest BCUT2D eigenvalue weighted by Crippen LogP contribution is -2.61. The van der Waals surface area contributed by atoms with Crippen LogP contribution < -0.4 is 20.9 Å². The molecule has 5 fully saturated rings. The average Bonchev–Trinajstić information content (AvgIpc) is 2.80. The molecule has 1 aromatic heterocycles. The third kappa shape index (κ3) is 4.09. The number of carbonyl (C=O) groups is 1. The van der Waals surface area contributed by atoms with Crippen molar-refractivity contribution < 1.29 is 14.3 Å². The first-order valence-corrected chi connectivity index (χ1v) is 12.7. The van der Waals surface area contributed by atoms with Crippen molar-refractivity contribution >= 4 is 23.2 Å². The van der Waals surface area contributed by atoms with Crippen LogP contribution in [0.3, 0.4) is 0 Å². The van der Waals surface area contributed by atoms with Gasteiger partial charge in [0.15, 0.2) is 0 Å². The number of anilines is 3. The number of hydrogen-bond acceptors (Lipinski definition) is 7. The monoisotopic (exact) mass is 480 g/mol. The van der Waals surface area contributed by atoms with Crippen LogP contribution >= 0.6 is 0 Å². The molecular formula is C26H33FN6O2. The molecule has 186 valence electrons. The van der Waals surface area contributed by atoms with Gasteiger partial charge in [-0.05, 0) is 81.0 Å². The van der Waals surface area contributed by atoms with Crippen molar-refractivity contribution in [2.75, 3.05) is 35.2 Å². The molecule has 5 aliphatic rings. The van der Waals surface area contributed by atoms with Crippen LogP contribution in [0.2, 0.25) is 0 Å². The van der Waals surface area contributed by atoms with Gasteiger partial charge in [0.25, 0.3) is 5.91 Å². The summed E-state index contributed by atoms with van der Waals surface area (Å²) >= 11 is 0. The standard InChI is InChI=1S/C26H33FN6O2/c1-15-14-32(22-3-2-19(28)10-20(22)27)6-7-33(15)25-29-5-4-21(30-25)24(34)31-23-17-8-16-9-18(23)13-26(35,11-16)12-17/h2-5,10,15-18,23,35H,6-9,11-14,28H2,1H3,(H,31,34). The second-order valence-corrected chi connectivity index (χ2v) is 11.1. The lowest BCUT2D eigenvalue weighted by atomic mass is 9.52. The van der Waals surface area contributed by atoms with Crippen LogP contribution in [-0.4, -0.2) is 58.3 Å². The fourth-order valence-corrected chi connectivity index (χ4v) is 7.31. The molecule has 1 saturated heterocycles. The van der Waals surface area contributed by atoms with Crippen LogP contribution in [0.1, 0.15) is 49.5 Å². The van der Waals surface area contributed by atoms with Crippen LogP contribution in [0.5, 0.6) is 0 Å². The van der Waals surface area contributed by atoms with Gasteiger partial charge in [0, 0.05) is 43.6 Å². The number of benzene rings is 1. The molecule has 35 heavy (non-hydrogen) atoms. The summed E-state index contributed by atoms with van der Waals surface area (Å²) in [5.74, 6) is 1.31. The van der Waals surface area contributed by atoms with E-state index in [9.17, 15) is 14.3 Å². The SMILES string of the molecule is CC1CN(c2ccc(N)cc2F)CCN1c1nccc(C(=O)NC2C3CC4CC2CC(O)(C4)C3)n1. The molecule has 4 bridgehead atoms. The third-order valence-electron chi connectivity index (χ3n) is 8.61. The van der Waals surface area contributed by atoms with Crippen LogP contribution in [0, 0.1) is 23.6 Å². The minimum absolute atomic E-state index is 0.0317. The van der Waals surface area contributed by atoms with Crippen molar-refractivity contribution in [2.24, 2.45) is 17.8 Å². The third-order valence-corrected chi connectivity index (χ3v) is 8.61. The quantitative estimate of drug-likeness (QED) is 0.578. The van der Waals surface area contributed by atoms with Gasteiger partial charge in [-0.2, -0.15) is 0 Å². The lowest BCUT2D eigenvalue weighted by molar-refractivity contribution is -0.136. The van der Waals surface area contributed by atoms with Gasteiger partial charge in [0.05, 0.1) is 11.3 Å². The molecule has 1 amide bonds. The number of amides is 1. The first kappa shape index (κ1) is 22.5. The lowest BCUT2D eigenvalue weighted by Gasteiger charge is -2.58. The molecule has 4 saturated carbocycles. The second-order valence-electron chi connectivity index (χ2n) is 11.1. The number of aromatic nitrogens is 2. The van der Waals surface area contributed by atoms with E-state index in [0.29, 0.717) is 60.4 Å². The van der Waals surface area contributed by atoms with Crippen LogP contribution in [0.4, 0.5) is 21.7 Å². The number of nitrogens with two attached hydrogens (primary N) is 1. The number of rotatable bonds is 4. The summed E-state index contributed by atoms with van der Waals surface area (Å²) in [7, 11) is 0. The highest BCUT2D eigenvalue weighted by molar-refractivity contribution is 5.92. The number of aliphatic hydroxyl groups is 1. The smallest absolute Gasteiger partial charge is 0.270 e. The topological polar surface area (TPSA) is 108 Å². The molecule has 3 unspecified atom stereocenters. The Hall–Kier alpha value is -2.94. The van der Waals surface area contributed by atoms with Crippen molar-refractivity contribution in [2.45, 2.75) is 56.7 Å². The fraction of sp³-hybridized carbons (Fsp3) is 0.577. The highest BCUT2D eigenvalue weighted by atomic mass is 19.1. The highest BCUT2D eigenvalue weighted by Gasteiger charge is 2.55. The summed E-state index contributed by atoms with van der Waals surface area (Å²) in [5.41, 5.74) is 6.49. The Bertz CT molecular complexity index is 1130. The number of nitrogens with one attached hydrogen (secondary N) is 1. The zero-order valence-electron chi connectivity index (χ0n) is 20.0. The maximum Gasteiger partial charge on any atom is 0.270 e. The Labute approximate surface area is 204 Å². The number of nitrogen functional groups attached to an aromatic ring is 1. The van der Waals surface area contributed by atoms with E-state index in [1.54, 1.807) is 24.4 Å². The van der Waals surface area contributed by atoms with E-state index in [2.05, 4.69) is 27.1 Å². The molecule has 3 atom stereocenters. The van der Waals surface area contributed by atoms with E-state index in [0.717, 1.165) is 32.1 Å². The summed E-state index contributed by atoms with van der Waals surface area (Å²) in [6, 6.07) is 6.58. The molecule has 2 heterocycles. The van der Waals surface area contributed by atoms with Crippen molar-refractivity contribution in [3.63, 3.8) is 0 Å². The maximum atomic E-state index is 14.4. The van der Waals surface area contributed by atoms with Crippen molar-refractivity contribution in [1.29, 1.82) is 0 Å². The average molecular weight is 481 g/mol. The van der Waals surface area contributed by atoms with Gasteiger partial charge >= 0.3 is 0 Å². The van der Waals surface area contributed by atoms with E-state index in [4.69, 9.17) is 5.73 Å². The van der Waals surface area contributed by atoms with Gasteiger partial charge in [-0.15, -0.1) is 0 Å². The molecular weight excluding hydrogens is 447 g/mol. The Morgan fingerprint density at radius 3 is 2.66 bits per heavy atom. The van der Waals surface area contributed by atoms with Crippen molar-refractivity contribution in [1.82, 2.24) is 15.3 Å². The van der Waals surface area contributed by atoms with Gasteiger partial charge in [-0.25, -0.2) is 14.4 Å². The van der Waals surface area contributed by atoms with Gasteiger partial charge in [-0.3, -0.25) is 4.79 Å². The summed E-state index contributed by atoms with van der Waals surface area (Å²) in [6.07, 6.45) is 6.32. The molecule has 0 spiro atoms. The number of halogens is 1. The Kier molecular flexibility index (Phi) is 5.36. The summed E-state index contributed by atoms with van der Waals surface area (Å²) in [5, 5.41) is 14.1. The number of nitrogens with zero attached hydrogens (tertiary/aromatic N) is 4. The molecule has 1 aromatic carbocycles. The zero-order valence-corrected chi connectivity index (χ0v) is 20.0. The normalized spacial score (nSPS) is 33.7. The number of carbonyl (C=O) groups excluding carboxylic acids is 1. The second kappa shape index (κ2) is 8.33. The molecule has 7 rings (SSSR count). The van der Waals surface area contributed by atoms with Crippen LogP contribution in [-0.2, 0) is 0 Å². The predicted octanol–water partition coefficient (Wildman–Crippen LogP) is 2.58. The molecule has 1 aliphatic heterocycles. The van der Waals surface area contributed by atoms with E-state index in [1.165, 1.54) is 6.07 Å². The Morgan fingerprint density at radius 2 is 1.97 bits per heavy atom. The zero-order chi connectivity index (χ0) is 24.3. The number of piperazine rings is 1. The first-order valence-electron chi connectivity index (χ1n) is 12.7. The Balaban J connectivity index is 1.13. The van der Waals surface area contributed by atoms with E-state index < -0.39 is 5.60 Å². The minimum Gasteiger partial charge on any atom is -0.399 e. The Morgan fingerprint density at radius 1 is 1.20 bits per heavy atom. The first-order chi connectivity index (χ1) is 16.8. The summed E-state index contributed by atoms with van der Waals surface area (Å²) < 4.78 is 14.4. The van der Waals surface area contributed by atoms with E-state index >= 15 is 0 Å². The molecule has 2 aromatic rings. The van der Waals surface area contributed by atoms with Gasteiger partial charge in [0.1, 0.15) is 11.5 Å². The molecule has 9 heteroatoms. The fourth-order valence-electron chi connectivity index (χ4n) is 7.31. The van der Waals surface area contributed by atoms with Gasteiger partial charge < -0.3 is 26.0 Å². The highest BCUT2D eigenvalue weighted by Crippen LogP contribution is 2.55. The largest absolute Gasteiger partial charge is 0.399 e. The molecule has 0 radical (unpaired) electrons. The summed E-state index contributed by atoms with van der Waals surface area (Å²) in [6.45, 7) is 3.89. The molecule has 8 nitrogen and oxygen atoms in total. The predicted molar refractivity (Wildman–Crippen MR) is 132 cm³/mol. The van der Waals surface area contributed by atoms with Crippen LogP contribution in [0.15, 0.2) is 30.5 Å². The summed E-state index contributed by atoms with van der Waals surface area (Å²) in [4.78, 5) is 26.3. The van der Waals surface area contributed by atoms with Crippen molar-refractivity contribution in [3.05, 3.63) is 42.0 Å². The van der Waals surface area contributed by atoms with Crippen LogP contribution in [0.25, 0.3) is 0 Å². The van der Waals surface area contributed by atoms with Gasteiger partial charge in [0.2, 0.25) is 5.95 Å². The molecule has 4 aliphatic carbocycles. The van der Waals surface area contributed by atoms with E-state index in [-0.39, 0.29) is 23.8 Å². The van der Waals surface area contributed by atoms with Crippen molar-refractivity contribution in [3.8, 4) is 0 Å². The maximum absolute atomic E-state index is 14.4. The number of hydrogen-bond donors (Lipinski definition) is 3.